The van der Waals surface area contributed by atoms with Crippen LogP contribution in [0.1, 0.15) is 56.4 Å². The summed E-state index contributed by atoms with van der Waals surface area (Å²) in [6.45, 7) is 3.54. The topological polar surface area (TPSA) is 122 Å². The second-order valence-corrected chi connectivity index (χ2v) is 8.63. The minimum absolute atomic E-state index is 0.226. The normalized spacial score (nSPS) is 14.1. The molecule has 0 radical (unpaired) electrons. The largest absolute Gasteiger partial charge is 0.469 e. The van der Waals surface area contributed by atoms with E-state index in [-0.39, 0.29) is 17.6 Å². The number of carbonyl (C=O) groups excluding carboxylic acids is 2. The summed E-state index contributed by atoms with van der Waals surface area (Å²) >= 11 is 0. The molecule has 2 aromatic heterocycles. The molecule has 0 bridgehead atoms. The van der Waals surface area contributed by atoms with Crippen LogP contribution in [0.15, 0.2) is 91.1 Å². The number of rotatable bonds is 6. The zero-order valence-electron chi connectivity index (χ0n) is 20.4. The number of nitrogens with zero attached hydrogens (tertiary/aromatic N) is 3. The van der Waals surface area contributed by atoms with E-state index in [1.54, 1.807) is 37.3 Å². The third kappa shape index (κ3) is 5.25. The zero-order chi connectivity index (χ0) is 25.8. The SMILES string of the molecule is Cc1occc1C(=O)N/N=C1\CCCc2oc(C(=O)Nc3ccc(N=Nc4ccccc4)cc3)c(C)c21. The number of azo groups is 1. The van der Waals surface area contributed by atoms with E-state index in [4.69, 9.17) is 8.83 Å². The molecule has 2 aromatic carbocycles. The third-order valence-corrected chi connectivity index (χ3v) is 6.09. The first-order chi connectivity index (χ1) is 18.0. The summed E-state index contributed by atoms with van der Waals surface area (Å²) in [6.07, 6.45) is 3.62. The molecule has 2 amide bonds. The lowest BCUT2D eigenvalue weighted by Crippen LogP contribution is -2.22. The lowest BCUT2D eigenvalue weighted by Gasteiger charge is -2.13. The lowest BCUT2D eigenvalue weighted by molar-refractivity contribution is 0.0952. The molecule has 0 atom stereocenters. The van der Waals surface area contributed by atoms with E-state index in [2.05, 4.69) is 26.1 Å². The molecule has 0 spiro atoms. The zero-order valence-corrected chi connectivity index (χ0v) is 20.4. The summed E-state index contributed by atoms with van der Waals surface area (Å²) < 4.78 is 11.1. The van der Waals surface area contributed by atoms with Gasteiger partial charge < -0.3 is 14.2 Å². The van der Waals surface area contributed by atoms with Crippen LogP contribution in [0.25, 0.3) is 0 Å². The number of anilines is 1. The highest BCUT2D eigenvalue weighted by molar-refractivity contribution is 6.09. The summed E-state index contributed by atoms with van der Waals surface area (Å²) in [7, 11) is 0. The number of hydrogen-bond donors (Lipinski definition) is 2. The fourth-order valence-corrected chi connectivity index (χ4v) is 4.21. The van der Waals surface area contributed by atoms with E-state index in [0.29, 0.717) is 52.6 Å². The minimum atomic E-state index is -0.358. The van der Waals surface area contributed by atoms with Crippen molar-refractivity contribution in [2.75, 3.05) is 5.32 Å². The van der Waals surface area contributed by atoms with Gasteiger partial charge in [-0.05, 0) is 69.2 Å². The molecule has 1 aliphatic carbocycles. The highest BCUT2D eigenvalue weighted by Gasteiger charge is 2.28. The van der Waals surface area contributed by atoms with Crippen molar-refractivity contribution in [3.05, 3.63) is 101 Å². The molecule has 2 N–H and O–H groups in total. The second-order valence-electron chi connectivity index (χ2n) is 8.63. The van der Waals surface area contributed by atoms with Crippen LogP contribution in [-0.4, -0.2) is 17.5 Å². The highest BCUT2D eigenvalue weighted by atomic mass is 16.4. The molecule has 0 saturated carbocycles. The van der Waals surface area contributed by atoms with E-state index < -0.39 is 0 Å². The van der Waals surface area contributed by atoms with Crippen molar-refractivity contribution in [3.63, 3.8) is 0 Å². The number of fused-ring (bicyclic) bond motifs is 1. The van der Waals surface area contributed by atoms with Crippen LogP contribution in [0, 0.1) is 13.8 Å². The van der Waals surface area contributed by atoms with Crippen molar-refractivity contribution >= 4 is 34.6 Å². The van der Waals surface area contributed by atoms with Gasteiger partial charge in [0.15, 0.2) is 5.76 Å². The van der Waals surface area contributed by atoms with Gasteiger partial charge >= 0.3 is 0 Å². The van der Waals surface area contributed by atoms with Crippen LogP contribution in [-0.2, 0) is 6.42 Å². The van der Waals surface area contributed by atoms with Crippen LogP contribution in [0.4, 0.5) is 17.1 Å². The van der Waals surface area contributed by atoms with Gasteiger partial charge in [0.25, 0.3) is 11.8 Å². The number of aryl methyl sites for hydroxylation is 2. The summed E-state index contributed by atoms with van der Waals surface area (Å²) in [5.74, 6) is 0.731. The first-order valence-electron chi connectivity index (χ1n) is 11.9. The molecule has 1 aliphatic rings. The number of amides is 2. The monoisotopic (exact) mass is 495 g/mol. The van der Waals surface area contributed by atoms with Gasteiger partial charge in [-0.25, -0.2) is 5.43 Å². The predicted octanol–water partition coefficient (Wildman–Crippen LogP) is 6.63. The van der Waals surface area contributed by atoms with Gasteiger partial charge in [0.1, 0.15) is 11.5 Å². The van der Waals surface area contributed by atoms with E-state index >= 15 is 0 Å². The van der Waals surface area contributed by atoms with Gasteiger partial charge in [0.05, 0.1) is 28.9 Å². The molecular formula is C28H25N5O4. The standard InChI is InChI=1S/C28H25N5O4/c1-17-25-23(32-33-27(34)22-15-16-36-18(22)2)9-6-10-24(25)37-26(17)28(35)29-19-11-13-21(14-12-19)31-30-20-7-4-3-5-8-20/h3-5,7-8,11-16H,6,9-10H2,1-2H3,(H,29,35)(H,33,34)/b31-30?,32-23+. The van der Waals surface area contributed by atoms with E-state index in [1.165, 1.54) is 6.26 Å². The van der Waals surface area contributed by atoms with Crippen LogP contribution in [0.5, 0.6) is 0 Å². The molecule has 0 fully saturated rings. The van der Waals surface area contributed by atoms with Gasteiger partial charge in [-0.2, -0.15) is 15.3 Å². The lowest BCUT2D eigenvalue weighted by atomic mass is 9.93. The van der Waals surface area contributed by atoms with Crippen LogP contribution in [0.3, 0.4) is 0 Å². The molecule has 37 heavy (non-hydrogen) atoms. The van der Waals surface area contributed by atoms with Crippen LogP contribution >= 0.6 is 0 Å². The number of furan rings is 2. The maximum atomic E-state index is 13.0. The maximum Gasteiger partial charge on any atom is 0.291 e. The minimum Gasteiger partial charge on any atom is -0.469 e. The van der Waals surface area contributed by atoms with Crippen molar-refractivity contribution < 1.29 is 18.4 Å². The van der Waals surface area contributed by atoms with Gasteiger partial charge in [0, 0.05) is 23.2 Å². The Balaban J connectivity index is 1.29. The number of hydrazone groups is 1. The van der Waals surface area contributed by atoms with Crippen LogP contribution < -0.4 is 10.7 Å². The molecule has 0 unspecified atom stereocenters. The summed E-state index contributed by atoms with van der Waals surface area (Å²) in [6, 6.07) is 18.1. The average molecular weight is 496 g/mol. The van der Waals surface area contributed by atoms with Gasteiger partial charge in [0.2, 0.25) is 0 Å². The van der Waals surface area contributed by atoms with Crippen LogP contribution in [0.2, 0.25) is 0 Å². The van der Waals surface area contributed by atoms with E-state index in [9.17, 15) is 9.59 Å². The average Bonchev–Trinajstić information content (AvgIpc) is 3.50. The Labute approximate surface area is 213 Å². The fraction of sp³-hybridized carbons (Fsp3) is 0.179. The Kier molecular flexibility index (Phi) is 6.76. The molecule has 9 nitrogen and oxygen atoms in total. The number of carbonyl (C=O) groups is 2. The van der Waals surface area contributed by atoms with Gasteiger partial charge in [-0.3, -0.25) is 9.59 Å². The number of nitrogens with one attached hydrogen (secondary N) is 2. The number of hydrogen-bond acceptors (Lipinski definition) is 7. The van der Waals surface area contributed by atoms with Gasteiger partial charge in [-0.1, -0.05) is 18.2 Å². The molecule has 186 valence electrons. The van der Waals surface area contributed by atoms with Crippen molar-refractivity contribution in [2.45, 2.75) is 33.1 Å². The molecule has 5 rings (SSSR count). The van der Waals surface area contributed by atoms with E-state index in [0.717, 1.165) is 17.7 Å². The summed E-state index contributed by atoms with van der Waals surface area (Å²) in [5, 5.41) is 15.6. The van der Waals surface area contributed by atoms with Crippen molar-refractivity contribution in [1.82, 2.24) is 5.43 Å². The second kappa shape index (κ2) is 10.4. The Morgan fingerprint density at radius 3 is 2.30 bits per heavy atom. The smallest absolute Gasteiger partial charge is 0.291 e. The molecule has 0 aliphatic heterocycles. The van der Waals surface area contributed by atoms with Crippen molar-refractivity contribution in [3.8, 4) is 0 Å². The van der Waals surface area contributed by atoms with Crippen molar-refractivity contribution in [2.24, 2.45) is 15.3 Å². The Morgan fingerprint density at radius 1 is 0.865 bits per heavy atom. The molecule has 0 saturated heterocycles. The molecular weight excluding hydrogens is 470 g/mol. The number of benzene rings is 2. The first kappa shape index (κ1) is 23.9. The third-order valence-electron chi connectivity index (χ3n) is 6.09. The molecule has 2 heterocycles. The summed E-state index contributed by atoms with van der Waals surface area (Å²) in [5.41, 5.74) is 7.21. The fourth-order valence-electron chi connectivity index (χ4n) is 4.21. The van der Waals surface area contributed by atoms with Crippen molar-refractivity contribution in [1.29, 1.82) is 0 Å². The maximum absolute atomic E-state index is 13.0. The van der Waals surface area contributed by atoms with Gasteiger partial charge in [-0.15, -0.1) is 0 Å². The van der Waals surface area contributed by atoms with E-state index in [1.807, 2.05) is 37.3 Å². The first-order valence-corrected chi connectivity index (χ1v) is 11.9. The Hall–Kier alpha value is -4.79. The predicted molar refractivity (Wildman–Crippen MR) is 139 cm³/mol. The highest BCUT2D eigenvalue weighted by Crippen LogP contribution is 2.30. The quantitative estimate of drug-likeness (QED) is 0.230. The molecule has 4 aromatic rings. The Morgan fingerprint density at radius 2 is 1.59 bits per heavy atom. The Bertz CT molecular complexity index is 1500. The molecule has 9 heteroatoms. The summed E-state index contributed by atoms with van der Waals surface area (Å²) in [4.78, 5) is 25.5.